The molecule has 7 nitrogen and oxygen atoms in total. The first-order chi connectivity index (χ1) is 16.5. The summed E-state index contributed by atoms with van der Waals surface area (Å²) in [6, 6.07) is 18.4. The molecule has 0 bridgehead atoms. The Morgan fingerprint density at radius 1 is 0.941 bits per heavy atom. The minimum absolute atomic E-state index is 0.0391. The molecule has 1 fully saturated rings. The number of hydrogen-bond donors (Lipinski definition) is 1. The Kier molecular flexibility index (Phi) is 6.02. The number of hydrogen-bond acceptors (Lipinski definition) is 4. The lowest BCUT2D eigenvalue weighted by atomic mass is 10.1. The predicted octanol–water partition coefficient (Wildman–Crippen LogP) is 4.70. The fourth-order valence-corrected chi connectivity index (χ4v) is 4.56. The Morgan fingerprint density at radius 3 is 2.50 bits per heavy atom. The largest absolute Gasteiger partial charge is 0.322 e. The molecule has 0 radical (unpaired) electrons. The molecule has 2 aromatic carbocycles. The van der Waals surface area contributed by atoms with E-state index in [1.54, 1.807) is 0 Å². The van der Waals surface area contributed by atoms with Crippen LogP contribution in [-0.2, 0) is 6.54 Å². The summed E-state index contributed by atoms with van der Waals surface area (Å²) in [5.41, 5.74) is 7.18. The van der Waals surface area contributed by atoms with E-state index in [1.165, 1.54) is 11.1 Å². The molecule has 1 saturated heterocycles. The third-order valence-electron chi connectivity index (χ3n) is 6.39. The average Bonchev–Trinajstić information content (AvgIpc) is 3.19. The number of urea groups is 1. The summed E-state index contributed by atoms with van der Waals surface area (Å²) in [4.78, 5) is 26.6. The summed E-state index contributed by atoms with van der Waals surface area (Å²) in [5, 5.41) is 3.07. The zero-order chi connectivity index (χ0) is 23.7. The Hall–Kier alpha value is -3.71. The van der Waals surface area contributed by atoms with Gasteiger partial charge in [0.25, 0.3) is 0 Å². The number of aromatic nitrogens is 3. The molecule has 0 aliphatic carbocycles. The van der Waals surface area contributed by atoms with Gasteiger partial charge in [0.15, 0.2) is 5.65 Å². The van der Waals surface area contributed by atoms with E-state index in [0.29, 0.717) is 19.6 Å². The van der Waals surface area contributed by atoms with Crippen molar-refractivity contribution in [2.45, 2.75) is 27.3 Å². The van der Waals surface area contributed by atoms with Crippen LogP contribution >= 0.6 is 0 Å². The van der Waals surface area contributed by atoms with Gasteiger partial charge in [0.05, 0.1) is 6.54 Å². The third kappa shape index (κ3) is 4.52. The molecular formula is C27H30N6O. The van der Waals surface area contributed by atoms with E-state index in [4.69, 9.17) is 4.98 Å². The van der Waals surface area contributed by atoms with Gasteiger partial charge in [0.1, 0.15) is 11.3 Å². The molecule has 0 atom stereocenters. The van der Waals surface area contributed by atoms with Crippen LogP contribution in [-0.4, -0.2) is 56.5 Å². The number of nitrogens with zero attached hydrogens (tertiary/aromatic N) is 5. The molecule has 7 heteroatoms. The van der Waals surface area contributed by atoms with Gasteiger partial charge in [-0.05, 0) is 62.2 Å². The zero-order valence-electron chi connectivity index (χ0n) is 20.0. The molecule has 3 heterocycles. The topological polar surface area (TPSA) is 66.3 Å². The number of rotatable bonds is 4. The SMILES string of the molecule is Cc1cccc(-n2c(CN3CCN(C(=O)Nc4ccc(C)cc4C)CC3)nc3cccnc32)c1. The molecule has 5 rings (SSSR count). The van der Waals surface area contributed by atoms with E-state index in [9.17, 15) is 4.79 Å². The van der Waals surface area contributed by atoms with Gasteiger partial charge in [-0.3, -0.25) is 9.47 Å². The number of carbonyl (C=O) groups excluding carboxylic acids is 1. The van der Waals surface area contributed by atoms with Gasteiger partial charge < -0.3 is 10.2 Å². The van der Waals surface area contributed by atoms with E-state index < -0.39 is 0 Å². The third-order valence-corrected chi connectivity index (χ3v) is 6.39. The van der Waals surface area contributed by atoms with Crippen LogP contribution in [0, 0.1) is 20.8 Å². The van der Waals surface area contributed by atoms with Crippen molar-refractivity contribution in [3.63, 3.8) is 0 Å². The Labute approximate surface area is 200 Å². The number of anilines is 1. The number of pyridine rings is 1. The highest BCUT2D eigenvalue weighted by molar-refractivity contribution is 5.90. The number of imidazole rings is 1. The lowest BCUT2D eigenvalue weighted by Gasteiger charge is -2.34. The maximum atomic E-state index is 12.8. The van der Waals surface area contributed by atoms with Crippen molar-refractivity contribution in [3.8, 4) is 5.69 Å². The molecule has 1 aliphatic rings. The number of carbonyl (C=O) groups is 1. The minimum atomic E-state index is -0.0391. The molecule has 34 heavy (non-hydrogen) atoms. The Balaban J connectivity index is 1.29. The van der Waals surface area contributed by atoms with E-state index in [1.807, 2.05) is 42.3 Å². The van der Waals surface area contributed by atoms with Crippen LogP contribution in [0.4, 0.5) is 10.5 Å². The second-order valence-corrected chi connectivity index (χ2v) is 9.06. The van der Waals surface area contributed by atoms with Crippen molar-refractivity contribution in [1.82, 2.24) is 24.3 Å². The molecule has 0 saturated carbocycles. The summed E-state index contributed by atoms with van der Waals surface area (Å²) in [6.07, 6.45) is 1.81. The van der Waals surface area contributed by atoms with Crippen LogP contribution < -0.4 is 5.32 Å². The molecular weight excluding hydrogens is 424 g/mol. The van der Waals surface area contributed by atoms with E-state index in [0.717, 1.165) is 47.0 Å². The van der Waals surface area contributed by atoms with E-state index >= 15 is 0 Å². The zero-order valence-corrected chi connectivity index (χ0v) is 20.0. The first-order valence-electron chi connectivity index (χ1n) is 11.7. The van der Waals surface area contributed by atoms with Gasteiger partial charge in [-0.15, -0.1) is 0 Å². The van der Waals surface area contributed by atoms with Gasteiger partial charge in [-0.25, -0.2) is 14.8 Å². The fraction of sp³-hybridized carbons (Fsp3) is 0.296. The van der Waals surface area contributed by atoms with Crippen molar-refractivity contribution in [3.05, 3.63) is 83.3 Å². The molecule has 174 valence electrons. The van der Waals surface area contributed by atoms with Crippen molar-refractivity contribution >= 4 is 22.9 Å². The van der Waals surface area contributed by atoms with Crippen LogP contribution in [0.5, 0.6) is 0 Å². The normalized spacial score (nSPS) is 14.5. The minimum Gasteiger partial charge on any atom is -0.322 e. The standard InChI is InChI=1S/C27H30N6O/c1-19-6-4-7-22(17-19)33-25(29-24-8-5-11-28-26(24)33)18-31-12-14-32(15-13-31)27(34)30-23-10-9-20(2)16-21(23)3/h4-11,16-17H,12-15,18H2,1-3H3,(H,30,34). The Morgan fingerprint density at radius 2 is 1.74 bits per heavy atom. The first-order valence-corrected chi connectivity index (χ1v) is 11.7. The predicted molar refractivity (Wildman–Crippen MR) is 135 cm³/mol. The highest BCUT2D eigenvalue weighted by Gasteiger charge is 2.24. The van der Waals surface area contributed by atoms with Crippen molar-refractivity contribution in [2.24, 2.45) is 0 Å². The smallest absolute Gasteiger partial charge is 0.321 e. The second kappa shape index (κ2) is 9.27. The van der Waals surface area contributed by atoms with Gasteiger partial charge in [0, 0.05) is 43.8 Å². The van der Waals surface area contributed by atoms with Gasteiger partial charge in [0.2, 0.25) is 0 Å². The van der Waals surface area contributed by atoms with Crippen LogP contribution in [0.1, 0.15) is 22.5 Å². The van der Waals surface area contributed by atoms with E-state index in [2.05, 4.69) is 63.9 Å². The lowest BCUT2D eigenvalue weighted by Crippen LogP contribution is -2.49. The Bertz CT molecular complexity index is 1340. The number of fused-ring (bicyclic) bond motifs is 1. The molecule has 0 unspecified atom stereocenters. The van der Waals surface area contributed by atoms with Crippen molar-refractivity contribution < 1.29 is 4.79 Å². The summed E-state index contributed by atoms with van der Waals surface area (Å²) < 4.78 is 2.15. The summed E-state index contributed by atoms with van der Waals surface area (Å²) >= 11 is 0. The average molecular weight is 455 g/mol. The number of aryl methyl sites for hydroxylation is 3. The number of nitrogens with one attached hydrogen (secondary N) is 1. The first kappa shape index (κ1) is 22.1. The number of piperazine rings is 1. The molecule has 1 aliphatic heterocycles. The van der Waals surface area contributed by atoms with Gasteiger partial charge in [-0.1, -0.05) is 29.8 Å². The molecule has 1 N–H and O–H groups in total. The van der Waals surface area contributed by atoms with Crippen LogP contribution in [0.15, 0.2) is 60.8 Å². The van der Waals surface area contributed by atoms with Gasteiger partial charge in [-0.2, -0.15) is 0 Å². The molecule has 2 amide bonds. The highest BCUT2D eigenvalue weighted by Crippen LogP contribution is 2.22. The lowest BCUT2D eigenvalue weighted by molar-refractivity contribution is 0.140. The van der Waals surface area contributed by atoms with Crippen molar-refractivity contribution in [2.75, 3.05) is 31.5 Å². The van der Waals surface area contributed by atoms with Crippen molar-refractivity contribution in [1.29, 1.82) is 0 Å². The summed E-state index contributed by atoms with van der Waals surface area (Å²) in [5.74, 6) is 0.965. The fourth-order valence-electron chi connectivity index (χ4n) is 4.56. The maximum Gasteiger partial charge on any atom is 0.321 e. The maximum absolute atomic E-state index is 12.8. The van der Waals surface area contributed by atoms with Crippen LogP contribution in [0.25, 0.3) is 16.9 Å². The second-order valence-electron chi connectivity index (χ2n) is 9.06. The monoisotopic (exact) mass is 454 g/mol. The van der Waals surface area contributed by atoms with Crippen LogP contribution in [0.3, 0.4) is 0 Å². The summed E-state index contributed by atoms with van der Waals surface area (Å²) in [6.45, 7) is 9.83. The summed E-state index contributed by atoms with van der Waals surface area (Å²) in [7, 11) is 0. The number of amides is 2. The molecule has 0 spiro atoms. The highest BCUT2D eigenvalue weighted by atomic mass is 16.2. The quantitative estimate of drug-likeness (QED) is 0.486. The van der Waals surface area contributed by atoms with Gasteiger partial charge >= 0.3 is 6.03 Å². The van der Waals surface area contributed by atoms with E-state index in [-0.39, 0.29) is 6.03 Å². The number of benzene rings is 2. The molecule has 4 aromatic rings. The van der Waals surface area contributed by atoms with Crippen LogP contribution in [0.2, 0.25) is 0 Å². The molecule has 2 aromatic heterocycles.